The number of carbonyl (C=O) groups excluding carboxylic acids is 1. The van der Waals surface area contributed by atoms with E-state index >= 15 is 0 Å². The van der Waals surface area contributed by atoms with E-state index in [1.54, 1.807) is 35.9 Å². The van der Waals surface area contributed by atoms with E-state index in [0.717, 1.165) is 5.56 Å². The summed E-state index contributed by atoms with van der Waals surface area (Å²) >= 11 is 0. The van der Waals surface area contributed by atoms with Crippen LogP contribution in [0.15, 0.2) is 36.4 Å². The number of ketones is 1. The van der Waals surface area contributed by atoms with E-state index in [0.29, 0.717) is 17.0 Å². The summed E-state index contributed by atoms with van der Waals surface area (Å²) in [5, 5.41) is 8.79. The van der Waals surface area contributed by atoms with Gasteiger partial charge in [-0.25, -0.2) is 0 Å². The Kier molecular flexibility index (Phi) is 9.91. The van der Waals surface area contributed by atoms with Gasteiger partial charge in [0.2, 0.25) is 5.78 Å². The van der Waals surface area contributed by atoms with Crippen LogP contribution in [0.3, 0.4) is 0 Å². The molecule has 0 amide bonds. The van der Waals surface area contributed by atoms with E-state index in [2.05, 4.69) is 0 Å². The maximum atomic E-state index is 12.3. The summed E-state index contributed by atoms with van der Waals surface area (Å²) < 4.78 is 1.64. The van der Waals surface area contributed by atoms with Gasteiger partial charge in [-0.3, -0.25) is 9.59 Å². The second-order valence-electron chi connectivity index (χ2n) is 4.53. The van der Waals surface area contributed by atoms with Gasteiger partial charge in [0.15, 0.2) is 0 Å². The fourth-order valence-corrected chi connectivity index (χ4v) is 1.97. The van der Waals surface area contributed by atoms with Crippen molar-refractivity contribution < 1.29 is 25.6 Å². The minimum atomic E-state index is -0.907. The normalized spacial score (nSPS) is 9.00. The van der Waals surface area contributed by atoms with Gasteiger partial charge in [0.1, 0.15) is 0 Å². The number of benzene rings is 1. The molecule has 0 spiro atoms. The van der Waals surface area contributed by atoms with Gasteiger partial charge in [-0.15, -0.1) is 0 Å². The molecule has 2 aromatic rings. The maximum absolute atomic E-state index is 12.3. The first-order valence-corrected chi connectivity index (χ1v) is 5.97. The molecule has 0 bridgehead atoms. The van der Waals surface area contributed by atoms with Crippen LogP contribution in [0.2, 0.25) is 0 Å². The molecule has 5 N–H and O–H groups in total. The molecule has 2 rings (SSSR count). The van der Waals surface area contributed by atoms with Crippen LogP contribution in [0.25, 0.3) is 0 Å². The SMILES string of the molecule is Cc1ccc(C(=O)c2ccc(CC(=O)O)n2C)cc1.O.O.[NaH]. The van der Waals surface area contributed by atoms with Crippen molar-refractivity contribution >= 4 is 41.3 Å². The zero-order valence-corrected chi connectivity index (χ0v) is 11.9. The number of aliphatic carboxylic acids is 1. The van der Waals surface area contributed by atoms with E-state index in [1.807, 2.05) is 19.1 Å². The fourth-order valence-electron chi connectivity index (χ4n) is 1.97. The average Bonchev–Trinajstić information content (AvgIpc) is 2.70. The Bertz CT molecular complexity index is 634. The molecule has 7 heteroatoms. The molecule has 1 aromatic carbocycles. The molecule has 0 aliphatic rings. The van der Waals surface area contributed by atoms with Gasteiger partial charge >= 0.3 is 35.5 Å². The van der Waals surface area contributed by atoms with E-state index < -0.39 is 5.97 Å². The molecule has 0 aliphatic heterocycles. The number of carbonyl (C=O) groups is 2. The van der Waals surface area contributed by atoms with Crippen molar-refractivity contribution in [2.45, 2.75) is 13.3 Å². The molecular weight excluding hydrogens is 297 g/mol. The third-order valence-electron chi connectivity index (χ3n) is 3.10. The monoisotopic (exact) mass is 317 g/mol. The fraction of sp³-hybridized carbons (Fsp3) is 0.200. The van der Waals surface area contributed by atoms with Crippen molar-refractivity contribution in [3.63, 3.8) is 0 Å². The molecule has 0 fully saturated rings. The molecule has 1 aromatic heterocycles. The van der Waals surface area contributed by atoms with Crippen molar-refractivity contribution in [1.29, 1.82) is 0 Å². The van der Waals surface area contributed by atoms with Gasteiger partial charge in [-0.05, 0) is 19.1 Å². The summed E-state index contributed by atoms with van der Waals surface area (Å²) in [6.45, 7) is 1.96. The topological polar surface area (TPSA) is 122 Å². The predicted molar refractivity (Wildman–Crippen MR) is 85.7 cm³/mol. The van der Waals surface area contributed by atoms with Crippen LogP contribution >= 0.6 is 0 Å². The van der Waals surface area contributed by atoms with Gasteiger partial charge in [-0.1, -0.05) is 29.8 Å². The Hall–Kier alpha value is -1.44. The molecule has 0 unspecified atom stereocenters. The molecule has 1 heterocycles. The number of aryl methyl sites for hydroxylation is 1. The van der Waals surface area contributed by atoms with Crippen molar-refractivity contribution in [3.8, 4) is 0 Å². The zero-order chi connectivity index (χ0) is 14.0. The third-order valence-corrected chi connectivity index (χ3v) is 3.10. The number of aromatic nitrogens is 1. The summed E-state index contributed by atoms with van der Waals surface area (Å²) in [6, 6.07) is 10.7. The third kappa shape index (κ3) is 5.08. The van der Waals surface area contributed by atoms with Gasteiger partial charge in [0.05, 0.1) is 12.1 Å². The first-order valence-electron chi connectivity index (χ1n) is 5.97. The molecule has 0 saturated heterocycles. The van der Waals surface area contributed by atoms with E-state index in [1.165, 1.54) is 0 Å². The molecule has 116 valence electrons. The minimum absolute atomic E-state index is 0. The second kappa shape index (κ2) is 9.55. The number of nitrogens with zero attached hydrogens (tertiary/aromatic N) is 1. The Morgan fingerprint density at radius 2 is 1.59 bits per heavy atom. The Morgan fingerprint density at radius 3 is 2.09 bits per heavy atom. The first-order chi connectivity index (χ1) is 8.99. The van der Waals surface area contributed by atoms with Crippen molar-refractivity contribution in [2.24, 2.45) is 7.05 Å². The molecule has 0 radical (unpaired) electrons. The Labute approximate surface area is 150 Å². The molecule has 22 heavy (non-hydrogen) atoms. The molecular formula is C15H20NNaO5. The average molecular weight is 317 g/mol. The number of carboxylic acids is 1. The van der Waals surface area contributed by atoms with Gasteiger partial charge < -0.3 is 20.6 Å². The summed E-state index contributed by atoms with van der Waals surface area (Å²) in [6.07, 6.45) is -0.0856. The first kappa shape index (κ1) is 22.8. The predicted octanol–water partition coefficient (Wildman–Crippen LogP) is -0.106. The van der Waals surface area contributed by atoms with E-state index in [4.69, 9.17) is 5.11 Å². The Balaban J connectivity index is 0. The summed E-state index contributed by atoms with van der Waals surface area (Å²) in [5.74, 6) is -1.00. The van der Waals surface area contributed by atoms with Crippen molar-refractivity contribution in [3.05, 3.63) is 58.9 Å². The molecule has 0 aliphatic carbocycles. The van der Waals surface area contributed by atoms with Crippen LogP contribution in [0, 0.1) is 6.92 Å². The van der Waals surface area contributed by atoms with Crippen LogP contribution in [0.1, 0.15) is 27.3 Å². The number of hydrogen-bond donors (Lipinski definition) is 1. The quantitative estimate of drug-likeness (QED) is 0.625. The molecule has 6 nitrogen and oxygen atoms in total. The second-order valence-corrected chi connectivity index (χ2v) is 4.53. The van der Waals surface area contributed by atoms with Crippen molar-refractivity contribution in [2.75, 3.05) is 0 Å². The zero-order valence-electron chi connectivity index (χ0n) is 11.9. The number of carboxylic acid groups (broad SMARTS) is 1. The van der Waals surface area contributed by atoms with Crippen LogP contribution in [0.5, 0.6) is 0 Å². The standard InChI is InChI=1S/C15H15NO3.Na.2H2O.H/c1-10-3-5-11(6-4-10)15(19)13-8-7-12(16(13)2)9-14(17)18;;;;/h3-8H,9H2,1-2H3,(H,17,18);;2*1H2;. The van der Waals surface area contributed by atoms with Crippen LogP contribution in [-0.2, 0) is 18.3 Å². The molecule has 0 atom stereocenters. The van der Waals surface area contributed by atoms with E-state index in [9.17, 15) is 9.59 Å². The molecule has 0 saturated carbocycles. The number of rotatable bonds is 4. The summed E-state index contributed by atoms with van der Waals surface area (Å²) in [5.41, 5.74) is 2.81. The van der Waals surface area contributed by atoms with Crippen LogP contribution < -0.4 is 0 Å². The summed E-state index contributed by atoms with van der Waals surface area (Å²) in [4.78, 5) is 23.0. The van der Waals surface area contributed by atoms with Crippen LogP contribution in [-0.4, -0.2) is 61.9 Å². The number of hydrogen-bond acceptors (Lipinski definition) is 2. The Morgan fingerprint density at radius 1 is 1.05 bits per heavy atom. The van der Waals surface area contributed by atoms with Gasteiger partial charge in [0, 0.05) is 18.3 Å². The summed E-state index contributed by atoms with van der Waals surface area (Å²) in [7, 11) is 1.71. The van der Waals surface area contributed by atoms with Crippen molar-refractivity contribution in [1.82, 2.24) is 4.57 Å². The van der Waals surface area contributed by atoms with E-state index in [-0.39, 0.29) is 52.7 Å². The van der Waals surface area contributed by atoms with Gasteiger partial charge in [0.25, 0.3) is 0 Å². The van der Waals surface area contributed by atoms with Crippen LogP contribution in [0.4, 0.5) is 0 Å². The van der Waals surface area contributed by atoms with Gasteiger partial charge in [-0.2, -0.15) is 0 Å².